The van der Waals surface area contributed by atoms with Crippen molar-refractivity contribution in [3.63, 3.8) is 0 Å². The molecule has 2 heterocycles. The number of carboxylic acid groups (broad SMARTS) is 1. The molecule has 8 heteroatoms. The first-order valence-electron chi connectivity index (χ1n) is 18.7. The molecule has 3 fully saturated rings. The van der Waals surface area contributed by atoms with E-state index in [1.807, 2.05) is 84.9 Å². The van der Waals surface area contributed by atoms with E-state index in [4.69, 9.17) is 30.5 Å². The molecule has 8 rings (SSSR count). The normalized spacial score (nSPS) is 20.2. The molecule has 0 atom stereocenters. The zero-order valence-electron chi connectivity index (χ0n) is 30.3. The van der Waals surface area contributed by atoms with Crippen LogP contribution in [-0.4, -0.2) is 55.0 Å². The molecule has 0 unspecified atom stereocenters. The van der Waals surface area contributed by atoms with Gasteiger partial charge in [-0.2, -0.15) is 0 Å². The van der Waals surface area contributed by atoms with Crippen molar-refractivity contribution in [2.75, 3.05) is 33.0 Å². The Morgan fingerprint density at radius 3 is 1.26 bits per heavy atom. The number of carboxylic acids is 1. The molecule has 54 heavy (non-hydrogen) atoms. The van der Waals surface area contributed by atoms with Crippen molar-refractivity contribution >= 4 is 17.6 Å². The number of rotatable bonds is 8. The molecule has 0 aromatic heterocycles. The first kappa shape index (κ1) is 38.0. The van der Waals surface area contributed by atoms with Crippen LogP contribution in [0.25, 0.3) is 0 Å². The first-order chi connectivity index (χ1) is 26.4. The van der Waals surface area contributed by atoms with Gasteiger partial charge in [-0.1, -0.05) is 164 Å². The second kappa shape index (κ2) is 16.6. The van der Waals surface area contributed by atoms with Gasteiger partial charge in [0.2, 0.25) is 5.79 Å². The van der Waals surface area contributed by atoms with Crippen LogP contribution in [0.5, 0.6) is 0 Å². The van der Waals surface area contributed by atoms with Gasteiger partial charge in [0, 0.05) is 16.5 Å². The van der Waals surface area contributed by atoms with E-state index in [0.29, 0.717) is 31.5 Å². The highest BCUT2D eigenvalue weighted by molar-refractivity contribution is 6.30. The van der Waals surface area contributed by atoms with Gasteiger partial charge in [0.25, 0.3) is 5.79 Å². The summed E-state index contributed by atoms with van der Waals surface area (Å²) >= 11 is 6.00. The van der Waals surface area contributed by atoms with E-state index in [-0.39, 0.29) is 12.5 Å². The van der Waals surface area contributed by atoms with Gasteiger partial charge in [-0.3, -0.25) is 0 Å². The lowest BCUT2D eigenvalue weighted by molar-refractivity contribution is -0.307. The number of ether oxygens (including phenoxy) is 4. The molecule has 1 saturated carbocycles. The van der Waals surface area contributed by atoms with E-state index in [2.05, 4.69) is 48.5 Å². The summed E-state index contributed by atoms with van der Waals surface area (Å²) in [5.41, 5.74) is 4.23. The molecule has 280 valence electrons. The highest BCUT2D eigenvalue weighted by atomic mass is 35.5. The van der Waals surface area contributed by atoms with Crippen LogP contribution in [0.3, 0.4) is 0 Å². The molecule has 2 aliphatic heterocycles. The first-order valence-corrected chi connectivity index (χ1v) is 19.1. The number of aliphatic hydroxyl groups excluding tert-OH is 1. The molecular weight excluding hydrogens is 700 g/mol. The van der Waals surface area contributed by atoms with Crippen molar-refractivity contribution in [3.8, 4) is 0 Å². The van der Waals surface area contributed by atoms with Gasteiger partial charge in [-0.15, -0.1) is 0 Å². The second-order valence-corrected chi connectivity index (χ2v) is 14.9. The average Bonchev–Trinajstić information content (AvgIpc) is 3.26. The molecule has 2 saturated heterocycles. The van der Waals surface area contributed by atoms with Crippen molar-refractivity contribution in [1.29, 1.82) is 0 Å². The molecular formula is C46H47ClO7. The van der Waals surface area contributed by atoms with Crippen molar-refractivity contribution in [1.82, 2.24) is 0 Å². The summed E-state index contributed by atoms with van der Waals surface area (Å²) < 4.78 is 24.8. The molecule has 5 aromatic carbocycles. The zero-order valence-corrected chi connectivity index (χ0v) is 31.1. The molecule has 5 aromatic rings. The number of benzene rings is 5. The summed E-state index contributed by atoms with van der Waals surface area (Å²) in [7, 11) is 0. The lowest BCUT2D eigenvalue weighted by Crippen LogP contribution is -2.60. The molecule has 1 aliphatic carbocycles. The number of aliphatic carboxylic acids is 1. The Bertz CT molecular complexity index is 1830. The number of aliphatic hydroxyl groups is 1. The van der Waals surface area contributed by atoms with E-state index >= 15 is 0 Å². The zero-order chi connectivity index (χ0) is 37.5. The minimum atomic E-state index is -1.52. The van der Waals surface area contributed by atoms with Crippen LogP contribution < -0.4 is 0 Å². The Morgan fingerprint density at radius 1 is 0.537 bits per heavy atom. The van der Waals surface area contributed by atoms with Gasteiger partial charge >= 0.3 is 5.97 Å². The maximum Gasteiger partial charge on any atom is 0.364 e. The highest BCUT2D eigenvalue weighted by Crippen LogP contribution is 2.45. The maximum atomic E-state index is 12.2. The summed E-state index contributed by atoms with van der Waals surface area (Å²) in [4.78, 5) is 12.2. The summed E-state index contributed by atoms with van der Waals surface area (Å²) in [6.07, 6.45) is 4.92. The summed E-state index contributed by atoms with van der Waals surface area (Å²) in [5.74, 6) is -3.79. The quantitative estimate of drug-likeness (QED) is 0.164. The minimum absolute atomic E-state index is 0.0895. The van der Waals surface area contributed by atoms with Gasteiger partial charge in [-0.05, 0) is 47.2 Å². The number of halogens is 1. The standard InChI is InChI=1S/C23H21ClO3.C23H26O4/c24-21-13-11-20(12-14-21)23(15-25)26-16-22(17-27-23,18-7-3-1-4-8-18)19-9-5-2-6-10-19;24-21(25)23(20-14-8-3-9-15-20)26-16-22(17-27-23,18-10-4-1-5-11-18)19-12-6-2-7-13-19/h1-14,25H,15-17H2;1-2,4-7,10-13,20H,3,8-9,14-17H2,(H,24,25). The summed E-state index contributed by atoms with van der Waals surface area (Å²) in [5, 5.41) is 20.7. The topological polar surface area (TPSA) is 94.5 Å². The lowest BCUT2D eigenvalue weighted by Gasteiger charge is -2.48. The molecule has 0 bridgehead atoms. The Labute approximate surface area is 322 Å². The molecule has 0 spiro atoms. The van der Waals surface area contributed by atoms with Gasteiger partial charge in [0.05, 0.1) is 37.3 Å². The Morgan fingerprint density at radius 2 is 0.907 bits per heavy atom. The van der Waals surface area contributed by atoms with E-state index in [0.717, 1.165) is 59.9 Å². The third-order valence-corrected chi connectivity index (χ3v) is 11.7. The minimum Gasteiger partial charge on any atom is -0.477 e. The molecule has 0 amide bonds. The largest absolute Gasteiger partial charge is 0.477 e. The summed E-state index contributed by atoms with van der Waals surface area (Å²) in [6.45, 7) is 1.11. The van der Waals surface area contributed by atoms with Crippen LogP contribution in [0.15, 0.2) is 146 Å². The summed E-state index contributed by atoms with van der Waals surface area (Å²) in [6, 6.07) is 47.9. The molecule has 3 aliphatic rings. The molecule has 0 radical (unpaired) electrons. The maximum absolute atomic E-state index is 12.2. The third kappa shape index (κ3) is 7.37. The Hall–Kier alpha value is -4.34. The fourth-order valence-corrected chi connectivity index (χ4v) is 8.33. The van der Waals surface area contributed by atoms with Crippen LogP contribution in [-0.2, 0) is 40.4 Å². The average molecular weight is 747 g/mol. The van der Waals surface area contributed by atoms with E-state index in [1.165, 1.54) is 0 Å². The SMILES string of the molecule is O=C(O)C1(C2CCCCC2)OCC(c2ccccc2)(c2ccccc2)CO1.OCC1(c2ccc(Cl)cc2)OCC(c2ccccc2)(c2ccccc2)CO1. The van der Waals surface area contributed by atoms with Gasteiger partial charge in [0.15, 0.2) is 0 Å². The van der Waals surface area contributed by atoms with Crippen LogP contribution in [0, 0.1) is 5.92 Å². The van der Waals surface area contributed by atoms with E-state index < -0.39 is 28.4 Å². The van der Waals surface area contributed by atoms with Gasteiger partial charge in [-0.25, -0.2) is 4.79 Å². The fourth-order valence-electron chi connectivity index (χ4n) is 8.21. The smallest absolute Gasteiger partial charge is 0.364 e. The van der Waals surface area contributed by atoms with Crippen molar-refractivity contribution in [2.45, 2.75) is 54.5 Å². The fraction of sp³-hybridized carbons (Fsp3) is 0.326. The van der Waals surface area contributed by atoms with Crippen molar-refractivity contribution in [3.05, 3.63) is 178 Å². The van der Waals surface area contributed by atoms with Crippen LogP contribution in [0.2, 0.25) is 5.02 Å². The molecule has 7 nitrogen and oxygen atoms in total. The predicted octanol–water partition coefficient (Wildman–Crippen LogP) is 8.90. The van der Waals surface area contributed by atoms with Crippen LogP contribution in [0.4, 0.5) is 0 Å². The number of carbonyl (C=O) groups is 1. The monoisotopic (exact) mass is 746 g/mol. The van der Waals surface area contributed by atoms with Gasteiger partial charge in [0.1, 0.15) is 6.61 Å². The van der Waals surface area contributed by atoms with Crippen LogP contribution >= 0.6 is 11.6 Å². The Kier molecular flexibility index (Phi) is 11.7. The number of hydrogen-bond donors (Lipinski definition) is 2. The lowest BCUT2D eigenvalue weighted by atomic mass is 9.74. The Balaban J connectivity index is 0.000000167. The molecule has 2 N–H and O–H groups in total. The van der Waals surface area contributed by atoms with Crippen LogP contribution in [0.1, 0.15) is 59.9 Å². The highest BCUT2D eigenvalue weighted by Gasteiger charge is 2.55. The van der Waals surface area contributed by atoms with Crippen molar-refractivity contribution in [2.24, 2.45) is 5.92 Å². The van der Waals surface area contributed by atoms with Gasteiger partial charge < -0.3 is 29.2 Å². The van der Waals surface area contributed by atoms with Crippen molar-refractivity contribution < 1.29 is 34.0 Å². The predicted molar refractivity (Wildman–Crippen MR) is 208 cm³/mol. The second-order valence-electron chi connectivity index (χ2n) is 14.5. The third-order valence-electron chi connectivity index (χ3n) is 11.4. The van der Waals surface area contributed by atoms with E-state index in [9.17, 15) is 15.0 Å². The van der Waals surface area contributed by atoms with E-state index in [1.54, 1.807) is 12.1 Å². The number of hydrogen-bond acceptors (Lipinski definition) is 6.